The molecule has 0 fully saturated rings. The minimum absolute atomic E-state index is 0.0185. The van der Waals surface area contributed by atoms with Gasteiger partial charge < -0.3 is 15.2 Å². The van der Waals surface area contributed by atoms with Crippen LogP contribution in [0.15, 0.2) is 60.8 Å². The lowest BCUT2D eigenvalue weighted by Gasteiger charge is -2.18. The summed E-state index contributed by atoms with van der Waals surface area (Å²) < 4.78 is 6.06. The summed E-state index contributed by atoms with van der Waals surface area (Å²) in [7, 11) is 0. The van der Waals surface area contributed by atoms with Gasteiger partial charge in [0.1, 0.15) is 12.6 Å². The molecule has 334 valence electrons. The van der Waals surface area contributed by atoms with Gasteiger partial charge in [-0.3, -0.25) is 14.4 Å². The Balaban J connectivity index is 4.12. The number of carbonyl (C=O) groups is 3. The van der Waals surface area contributed by atoms with Crippen LogP contribution in [0.25, 0.3) is 0 Å². The molecule has 0 saturated carbocycles. The molecule has 6 nitrogen and oxygen atoms in total. The lowest BCUT2D eigenvalue weighted by Crippen LogP contribution is -2.28. The van der Waals surface area contributed by atoms with Gasteiger partial charge in [0.05, 0.1) is 0 Å². The Hall–Kier alpha value is -2.89. The number of unbranched alkanes of at least 4 members (excludes halogenated alkanes) is 23. The predicted octanol–water partition coefficient (Wildman–Crippen LogP) is 15.6. The van der Waals surface area contributed by atoms with Gasteiger partial charge in [-0.1, -0.05) is 203 Å². The average Bonchev–Trinajstić information content (AvgIpc) is 3.21. The minimum atomic E-state index is -1.02. The van der Waals surface area contributed by atoms with E-state index in [1.807, 2.05) is 0 Å². The molecule has 6 heteroatoms. The predicted molar refractivity (Wildman–Crippen MR) is 249 cm³/mol. The number of ether oxygens (including phenoxy) is 1. The van der Waals surface area contributed by atoms with Crippen molar-refractivity contribution in [3.63, 3.8) is 0 Å². The van der Waals surface area contributed by atoms with Crippen molar-refractivity contribution in [2.24, 2.45) is 0 Å². The molecule has 1 atom stereocenters. The molecule has 0 radical (unpaired) electrons. The Morgan fingerprint density at radius 1 is 0.466 bits per heavy atom. The summed E-state index contributed by atoms with van der Waals surface area (Å²) in [6.45, 7) is 4.13. The van der Waals surface area contributed by atoms with Gasteiger partial charge in [0, 0.05) is 12.8 Å². The monoisotopic (exact) mass is 810 g/mol. The van der Waals surface area contributed by atoms with Gasteiger partial charge in [0.25, 0.3) is 0 Å². The standard InChI is InChI=1S/C52H91NO5/c1-3-5-7-9-11-13-15-17-18-19-20-21-22-23-24-25-26-28-30-32-34-39-43-47-52(57)58-49(45-41-37-35-38-42-46-50(54)53-48-51(55)56)44-40-36-33-31-29-27-16-14-12-10-8-6-4-2/h5,7,11,13,17-18,20-21,23-24,49H,3-4,6,8-10,12,14-16,19,22,25-48H2,1-2H3,(H,53,54)(H,55,56)/b7-5-,13-11-,18-17-,21-20-,24-23-. The number of carboxylic acids is 1. The van der Waals surface area contributed by atoms with Crippen LogP contribution in [0, 0.1) is 0 Å². The molecule has 2 N–H and O–H groups in total. The van der Waals surface area contributed by atoms with Gasteiger partial charge in [-0.2, -0.15) is 0 Å². The van der Waals surface area contributed by atoms with Crippen LogP contribution in [0.1, 0.15) is 239 Å². The Morgan fingerprint density at radius 2 is 0.845 bits per heavy atom. The fourth-order valence-electron chi connectivity index (χ4n) is 7.13. The third kappa shape index (κ3) is 45.8. The summed E-state index contributed by atoms with van der Waals surface area (Å²) in [5, 5.41) is 11.1. The number of rotatable bonds is 44. The SMILES string of the molecule is CC/C=C\C/C=C\C/C=C\C/C=C\C/C=C\CCCCCCCCCC(=O)OC(CCCCCCCCCCCCCCC)CCCCCCCC(=O)NCC(=O)O. The number of allylic oxidation sites excluding steroid dienone is 10. The van der Waals surface area contributed by atoms with Crippen molar-refractivity contribution in [2.75, 3.05) is 6.54 Å². The smallest absolute Gasteiger partial charge is 0.322 e. The van der Waals surface area contributed by atoms with Crippen molar-refractivity contribution < 1.29 is 24.2 Å². The Kier molecular flexibility index (Phi) is 44.5. The number of amides is 1. The van der Waals surface area contributed by atoms with Crippen LogP contribution in [0.4, 0.5) is 0 Å². The minimum Gasteiger partial charge on any atom is -0.480 e. The maximum Gasteiger partial charge on any atom is 0.322 e. The number of carboxylic acid groups (broad SMARTS) is 1. The molecule has 0 spiro atoms. The maximum absolute atomic E-state index is 12.8. The van der Waals surface area contributed by atoms with Gasteiger partial charge in [0.15, 0.2) is 0 Å². The van der Waals surface area contributed by atoms with Crippen molar-refractivity contribution in [3.8, 4) is 0 Å². The molecule has 0 heterocycles. The van der Waals surface area contributed by atoms with E-state index in [2.05, 4.69) is 79.9 Å². The van der Waals surface area contributed by atoms with Crippen molar-refractivity contribution in [1.29, 1.82) is 0 Å². The molecule has 0 saturated heterocycles. The molecule has 0 rings (SSSR count). The Labute approximate surface area is 358 Å². The fourth-order valence-corrected chi connectivity index (χ4v) is 7.13. The third-order valence-corrected chi connectivity index (χ3v) is 10.7. The van der Waals surface area contributed by atoms with Crippen LogP contribution >= 0.6 is 0 Å². The van der Waals surface area contributed by atoms with Crippen molar-refractivity contribution in [1.82, 2.24) is 5.32 Å². The highest BCUT2D eigenvalue weighted by molar-refractivity contribution is 5.80. The molecule has 1 amide bonds. The van der Waals surface area contributed by atoms with Crippen molar-refractivity contribution >= 4 is 17.8 Å². The van der Waals surface area contributed by atoms with Crippen LogP contribution in [-0.2, 0) is 19.1 Å². The first-order chi connectivity index (χ1) is 28.5. The quantitative estimate of drug-likeness (QED) is 0.0363. The molecule has 0 aliphatic carbocycles. The topological polar surface area (TPSA) is 92.7 Å². The van der Waals surface area contributed by atoms with E-state index in [1.165, 1.54) is 109 Å². The molecule has 0 bridgehead atoms. The zero-order chi connectivity index (χ0) is 42.3. The number of esters is 1. The zero-order valence-electron chi connectivity index (χ0n) is 37.9. The van der Waals surface area contributed by atoms with E-state index in [9.17, 15) is 14.4 Å². The first-order valence-corrected chi connectivity index (χ1v) is 24.4. The van der Waals surface area contributed by atoms with Gasteiger partial charge in [0.2, 0.25) is 5.91 Å². The molecule has 0 aromatic heterocycles. The second kappa shape index (κ2) is 46.8. The number of aliphatic carboxylic acids is 1. The first kappa shape index (κ1) is 55.1. The molecule has 0 aliphatic rings. The average molecular weight is 810 g/mol. The van der Waals surface area contributed by atoms with E-state index in [-0.39, 0.29) is 24.5 Å². The van der Waals surface area contributed by atoms with Crippen LogP contribution in [0.5, 0.6) is 0 Å². The molecule has 58 heavy (non-hydrogen) atoms. The second-order valence-corrected chi connectivity index (χ2v) is 16.3. The molecule has 0 aromatic carbocycles. The molecule has 0 aliphatic heterocycles. The lowest BCUT2D eigenvalue weighted by atomic mass is 10.0. The number of hydrogen-bond acceptors (Lipinski definition) is 4. The fraction of sp³-hybridized carbons (Fsp3) is 0.750. The molecular weight excluding hydrogens is 719 g/mol. The van der Waals surface area contributed by atoms with Gasteiger partial charge >= 0.3 is 11.9 Å². The highest BCUT2D eigenvalue weighted by Crippen LogP contribution is 2.19. The van der Waals surface area contributed by atoms with E-state index in [0.29, 0.717) is 12.8 Å². The maximum atomic E-state index is 12.8. The molecule has 0 aromatic rings. The summed E-state index contributed by atoms with van der Waals surface area (Å²) in [6.07, 6.45) is 62.1. The van der Waals surface area contributed by atoms with Crippen LogP contribution < -0.4 is 5.32 Å². The van der Waals surface area contributed by atoms with E-state index in [1.54, 1.807) is 0 Å². The summed E-state index contributed by atoms with van der Waals surface area (Å²) in [5.74, 6) is -1.23. The van der Waals surface area contributed by atoms with Crippen molar-refractivity contribution in [2.45, 2.75) is 245 Å². The Bertz CT molecular complexity index is 1070. The van der Waals surface area contributed by atoms with E-state index in [0.717, 1.165) is 103 Å². The van der Waals surface area contributed by atoms with Crippen LogP contribution in [0.2, 0.25) is 0 Å². The van der Waals surface area contributed by atoms with E-state index in [4.69, 9.17) is 9.84 Å². The largest absolute Gasteiger partial charge is 0.480 e. The number of hydrogen-bond donors (Lipinski definition) is 2. The van der Waals surface area contributed by atoms with Crippen LogP contribution in [-0.4, -0.2) is 35.6 Å². The highest BCUT2D eigenvalue weighted by atomic mass is 16.5. The zero-order valence-corrected chi connectivity index (χ0v) is 37.9. The van der Waals surface area contributed by atoms with E-state index >= 15 is 0 Å². The number of carbonyl (C=O) groups excluding carboxylic acids is 2. The first-order valence-electron chi connectivity index (χ1n) is 24.4. The highest BCUT2D eigenvalue weighted by Gasteiger charge is 2.14. The molecular formula is C52H91NO5. The van der Waals surface area contributed by atoms with Gasteiger partial charge in [-0.25, -0.2) is 0 Å². The lowest BCUT2D eigenvalue weighted by molar-refractivity contribution is -0.150. The summed E-state index contributed by atoms with van der Waals surface area (Å²) in [5.41, 5.74) is 0. The second-order valence-electron chi connectivity index (χ2n) is 16.3. The third-order valence-electron chi connectivity index (χ3n) is 10.7. The van der Waals surface area contributed by atoms with Crippen LogP contribution in [0.3, 0.4) is 0 Å². The van der Waals surface area contributed by atoms with Gasteiger partial charge in [-0.05, 0) is 83.5 Å². The summed E-state index contributed by atoms with van der Waals surface area (Å²) >= 11 is 0. The summed E-state index contributed by atoms with van der Waals surface area (Å²) in [4.78, 5) is 35.2. The van der Waals surface area contributed by atoms with Gasteiger partial charge in [-0.15, -0.1) is 0 Å². The summed E-state index contributed by atoms with van der Waals surface area (Å²) in [6, 6.07) is 0. The van der Waals surface area contributed by atoms with E-state index < -0.39 is 5.97 Å². The molecule has 1 unspecified atom stereocenters. The van der Waals surface area contributed by atoms with Crippen molar-refractivity contribution in [3.05, 3.63) is 60.8 Å². The normalized spacial score (nSPS) is 12.6. The Morgan fingerprint density at radius 3 is 1.29 bits per heavy atom. The number of nitrogens with one attached hydrogen (secondary N) is 1.